The predicted molar refractivity (Wildman–Crippen MR) is 192 cm³/mol. The van der Waals surface area contributed by atoms with Crippen molar-refractivity contribution in [1.29, 1.82) is 0 Å². The van der Waals surface area contributed by atoms with Crippen molar-refractivity contribution in [1.82, 2.24) is 35.6 Å². The van der Waals surface area contributed by atoms with E-state index in [9.17, 15) is 27.6 Å². The highest BCUT2D eigenvalue weighted by atomic mass is 35.5. The molecule has 3 aromatic heterocycles. The van der Waals surface area contributed by atoms with Crippen LogP contribution in [-0.2, 0) is 15.1 Å². The number of halogens is 4. The second-order valence-corrected chi connectivity index (χ2v) is 14.3. The summed E-state index contributed by atoms with van der Waals surface area (Å²) in [6.07, 6.45) is -1.54. The van der Waals surface area contributed by atoms with Crippen LogP contribution in [0.3, 0.4) is 0 Å². The van der Waals surface area contributed by atoms with Gasteiger partial charge in [0.1, 0.15) is 10.3 Å². The molecule has 1 saturated carbocycles. The Hall–Kier alpha value is -5.62. The molecule has 0 bridgehead atoms. The zero-order valence-corrected chi connectivity index (χ0v) is 29.7. The van der Waals surface area contributed by atoms with Crippen LogP contribution in [0.2, 0.25) is 5.02 Å². The number of nitrogens with one attached hydrogen (secondary N) is 5. The van der Waals surface area contributed by atoms with Gasteiger partial charge in [0.15, 0.2) is 11.7 Å². The van der Waals surface area contributed by atoms with Crippen LogP contribution in [0.15, 0.2) is 66.9 Å². The summed E-state index contributed by atoms with van der Waals surface area (Å²) >= 11 is 7.18. The molecule has 19 heteroatoms. The number of hydrogen-bond donors (Lipinski definition) is 5. The predicted octanol–water partition coefficient (Wildman–Crippen LogP) is 5.83. The fourth-order valence-corrected chi connectivity index (χ4v) is 5.90. The summed E-state index contributed by atoms with van der Waals surface area (Å²) in [7, 11) is 0. The summed E-state index contributed by atoms with van der Waals surface area (Å²) in [5, 5.41) is 14.8. The molecule has 0 aliphatic heterocycles. The Bertz CT molecular complexity index is 2100. The number of carbonyl (C=O) groups excluding carboxylic acids is 3. The average Bonchev–Trinajstić information content (AvgIpc) is 3.78. The number of anilines is 4. The molecule has 276 valence electrons. The Labute approximate surface area is 309 Å². The number of rotatable bonds is 13. The lowest BCUT2D eigenvalue weighted by molar-refractivity contribution is -0.154. The SMILES string of the molecule is CC(C)(CNC(=O)C(=O)Nc1nc2cccnc2s1)CNC(=O)c1ccc(Nc2nc(NC3(c4ccc(Cl)cc4)CC3)nc(OCC(F)(F)F)n2)cc1. The van der Waals surface area contributed by atoms with Crippen LogP contribution in [0.5, 0.6) is 6.01 Å². The van der Waals surface area contributed by atoms with Crippen LogP contribution in [-0.4, -0.2) is 68.5 Å². The lowest BCUT2D eigenvalue weighted by Gasteiger charge is -2.25. The third kappa shape index (κ3) is 10.0. The maximum Gasteiger partial charge on any atom is 0.422 e. The van der Waals surface area contributed by atoms with E-state index < -0.39 is 47.5 Å². The maximum absolute atomic E-state index is 13.0. The van der Waals surface area contributed by atoms with Gasteiger partial charge in [-0.25, -0.2) is 9.97 Å². The first kappa shape index (κ1) is 37.1. The van der Waals surface area contributed by atoms with E-state index in [1.807, 2.05) is 26.0 Å². The number of alkyl halides is 3. The van der Waals surface area contributed by atoms with Gasteiger partial charge in [0.25, 0.3) is 5.91 Å². The van der Waals surface area contributed by atoms with Gasteiger partial charge in [0, 0.05) is 35.6 Å². The molecule has 0 spiro atoms. The average molecular weight is 769 g/mol. The fourth-order valence-electron chi connectivity index (χ4n) is 4.97. The molecule has 0 atom stereocenters. The van der Waals surface area contributed by atoms with E-state index in [-0.39, 0.29) is 30.1 Å². The first-order valence-corrected chi connectivity index (χ1v) is 17.3. The summed E-state index contributed by atoms with van der Waals surface area (Å²) in [6, 6.07) is 16.3. The smallest absolute Gasteiger partial charge is 0.422 e. The second kappa shape index (κ2) is 15.2. The molecule has 5 aromatic rings. The normalized spacial score (nSPS) is 13.5. The van der Waals surface area contributed by atoms with Crippen LogP contribution >= 0.6 is 22.9 Å². The van der Waals surface area contributed by atoms with E-state index in [4.69, 9.17) is 16.3 Å². The van der Waals surface area contributed by atoms with E-state index in [0.717, 1.165) is 29.7 Å². The number of pyridine rings is 1. The van der Waals surface area contributed by atoms with Crippen LogP contribution in [0.1, 0.15) is 42.6 Å². The Morgan fingerprint density at radius 3 is 2.26 bits per heavy atom. The molecule has 0 saturated heterocycles. The summed E-state index contributed by atoms with van der Waals surface area (Å²) in [5.74, 6) is -2.21. The number of fused-ring (bicyclic) bond motifs is 1. The number of amides is 3. The summed E-state index contributed by atoms with van der Waals surface area (Å²) in [5.41, 5.74) is 1.11. The molecule has 0 radical (unpaired) electrons. The second-order valence-electron chi connectivity index (χ2n) is 12.9. The monoisotopic (exact) mass is 768 g/mol. The number of nitrogens with zero attached hydrogens (tertiary/aromatic N) is 5. The first-order chi connectivity index (χ1) is 25.2. The number of benzene rings is 2. The van der Waals surface area contributed by atoms with E-state index in [2.05, 4.69) is 51.5 Å². The molecule has 14 nitrogen and oxygen atoms in total. The fraction of sp³-hybridized carbons (Fsp3) is 0.294. The molecule has 53 heavy (non-hydrogen) atoms. The number of thiazole rings is 1. The molecular formula is C34H32ClF3N10O4S. The zero-order chi connectivity index (χ0) is 37.8. The molecule has 2 aromatic carbocycles. The highest BCUT2D eigenvalue weighted by Crippen LogP contribution is 2.48. The molecule has 1 aliphatic carbocycles. The topological polar surface area (TPSA) is 185 Å². The van der Waals surface area contributed by atoms with Gasteiger partial charge in [-0.2, -0.15) is 28.1 Å². The van der Waals surface area contributed by atoms with Crippen molar-refractivity contribution in [2.45, 2.75) is 38.4 Å². The lowest BCUT2D eigenvalue weighted by atomic mass is 9.93. The Morgan fingerprint density at radius 2 is 1.58 bits per heavy atom. The van der Waals surface area contributed by atoms with E-state index >= 15 is 0 Å². The number of aromatic nitrogens is 5. The largest absolute Gasteiger partial charge is 0.454 e. The summed E-state index contributed by atoms with van der Waals surface area (Å²) in [6.45, 7) is 2.27. The third-order valence-corrected chi connectivity index (χ3v) is 9.08. The van der Waals surface area contributed by atoms with Crippen molar-refractivity contribution in [3.8, 4) is 6.01 Å². The van der Waals surface area contributed by atoms with Crippen LogP contribution in [0.4, 0.5) is 35.9 Å². The van der Waals surface area contributed by atoms with Crippen molar-refractivity contribution < 1.29 is 32.3 Å². The minimum atomic E-state index is -4.61. The molecule has 5 N–H and O–H groups in total. The Morgan fingerprint density at radius 1 is 0.887 bits per heavy atom. The van der Waals surface area contributed by atoms with E-state index in [0.29, 0.717) is 26.6 Å². The van der Waals surface area contributed by atoms with Crippen molar-refractivity contribution in [2.75, 3.05) is 35.6 Å². The molecule has 0 unspecified atom stereocenters. The highest BCUT2D eigenvalue weighted by Gasteiger charge is 2.45. The Kier molecular flexibility index (Phi) is 10.6. The van der Waals surface area contributed by atoms with Gasteiger partial charge in [-0.3, -0.25) is 19.7 Å². The molecule has 1 fully saturated rings. The molecule has 3 heterocycles. The molecule has 3 amide bonds. The van der Waals surface area contributed by atoms with E-state index in [1.165, 1.54) is 12.1 Å². The van der Waals surface area contributed by atoms with Gasteiger partial charge < -0.3 is 26.0 Å². The minimum absolute atomic E-state index is 0.00769. The van der Waals surface area contributed by atoms with Crippen molar-refractivity contribution in [3.63, 3.8) is 0 Å². The number of carbonyl (C=O) groups is 3. The zero-order valence-electron chi connectivity index (χ0n) is 28.2. The maximum atomic E-state index is 13.0. The van der Waals surface area contributed by atoms with Crippen molar-refractivity contribution in [2.24, 2.45) is 5.41 Å². The van der Waals surface area contributed by atoms with Crippen molar-refractivity contribution in [3.05, 3.63) is 83.0 Å². The van der Waals surface area contributed by atoms with E-state index in [1.54, 1.807) is 42.6 Å². The quantitative estimate of drug-likeness (QED) is 0.0909. The molecule has 1 aliphatic rings. The van der Waals surface area contributed by atoms with Gasteiger partial charge in [-0.15, -0.1) is 0 Å². The molecular weight excluding hydrogens is 737 g/mol. The third-order valence-electron chi connectivity index (χ3n) is 7.93. The molecule has 6 rings (SSSR count). The van der Waals surface area contributed by atoms with Gasteiger partial charge >= 0.3 is 24.0 Å². The highest BCUT2D eigenvalue weighted by molar-refractivity contribution is 7.22. The van der Waals surface area contributed by atoms with Gasteiger partial charge in [-0.1, -0.05) is 48.9 Å². The minimum Gasteiger partial charge on any atom is -0.454 e. The standard InChI is InChI=1S/C34H32ClF3N10O4S/c1-32(2,17-41-25(50)26(51)44-31-43-23-4-3-15-39-27(23)53-31)16-40-24(49)19-5-11-22(12-6-19)42-28-45-29(47-30(46-28)52-18-34(36,37)38)48-33(13-14-33)20-7-9-21(35)10-8-20/h3-12,15H,13-14,16-18H2,1-2H3,(H,40,49)(H,41,50)(H,43,44,51)(H2,42,45,46,47,48). The van der Waals surface area contributed by atoms with Gasteiger partial charge in [-0.05, 0) is 72.4 Å². The Balaban J connectivity index is 1.03. The van der Waals surface area contributed by atoms with Gasteiger partial charge in [0.2, 0.25) is 11.9 Å². The number of hydrogen-bond acceptors (Lipinski definition) is 12. The lowest BCUT2D eigenvalue weighted by Crippen LogP contribution is -2.44. The van der Waals surface area contributed by atoms with Gasteiger partial charge in [0.05, 0.1) is 5.54 Å². The van der Waals surface area contributed by atoms with Crippen LogP contribution in [0, 0.1) is 5.41 Å². The summed E-state index contributed by atoms with van der Waals surface area (Å²) < 4.78 is 43.7. The van der Waals surface area contributed by atoms with Crippen LogP contribution < -0.4 is 31.3 Å². The van der Waals surface area contributed by atoms with Crippen LogP contribution in [0.25, 0.3) is 10.3 Å². The number of ether oxygens (including phenoxy) is 1. The van der Waals surface area contributed by atoms with Crippen molar-refractivity contribution >= 4 is 73.7 Å². The summed E-state index contributed by atoms with van der Waals surface area (Å²) in [4.78, 5) is 59.2. The first-order valence-electron chi connectivity index (χ1n) is 16.1.